The summed E-state index contributed by atoms with van der Waals surface area (Å²) < 4.78 is 29.0. The van der Waals surface area contributed by atoms with E-state index in [1.807, 2.05) is 0 Å². The maximum Gasteiger partial charge on any atom is 0.228 e. The molecular weight excluding hydrogens is 256 g/mol. The molecule has 0 atom stereocenters. The van der Waals surface area contributed by atoms with Crippen molar-refractivity contribution in [2.75, 3.05) is 5.73 Å². The molecule has 0 aliphatic rings. The molecule has 0 saturated carbocycles. The molecule has 6 nitrogen and oxygen atoms in total. The van der Waals surface area contributed by atoms with Crippen LogP contribution in [0.25, 0.3) is 0 Å². The molecule has 2 aromatic rings. The van der Waals surface area contributed by atoms with Gasteiger partial charge in [-0.25, -0.2) is 8.42 Å². The Balaban J connectivity index is 2.58. The quantitative estimate of drug-likeness (QED) is 0.663. The lowest BCUT2D eigenvalue weighted by Crippen LogP contribution is -2.07. The first-order chi connectivity index (χ1) is 8.43. The first-order valence-electron chi connectivity index (χ1n) is 4.99. The number of ketones is 1. The van der Waals surface area contributed by atoms with Gasteiger partial charge in [-0.1, -0.05) is 5.16 Å². The molecule has 0 fully saturated rings. The summed E-state index contributed by atoms with van der Waals surface area (Å²) in [6.45, 7) is 1.24. The third-order valence-electron chi connectivity index (χ3n) is 2.36. The number of carbonyl (C=O) groups excluding carboxylic acids is 1. The number of aromatic nitrogens is 1. The first-order valence-corrected chi connectivity index (χ1v) is 6.47. The molecule has 1 aromatic carbocycles. The molecule has 0 aliphatic heterocycles. The number of nitrogens with two attached hydrogens (primary N) is 1. The molecule has 0 radical (unpaired) electrons. The van der Waals surface area contributed by atoms with E-state index in [4.69, 9.17) is 5.73 Å². The van der Waals surface area contributed by atoms with Crippen LogP contribution >= 0.6 is 0 Å². The van der Waals surface area contributed by atoms with E-state index < -0.39 is 15.6 Å². The Bertz CT molecular complexity index is 686. The zero-order valence-corrected chi connectivity index (χ0v) is 10.3. The minimum atomic E-state index is -3.87. The molecule has 0 aliphatic carbocycles. The van der Waals surface area contributed by atoms with Crippen LogP contribution in [0.4, 0.5) is 5.69 Å². The van der Waals surface area contributed by atoms with Crippen molar-refractivity contribution >= 4 is 21.3 Å². The molecule has 0 saturated heterocycles. The van der Waals surface area contributed by atoms with Gasteiger partial charge in [0.05, 0.1) is 10.5 Å². The number of sulfone groups is 1. The number of hydrogen-bond acceptors (Lipinski definition) is 6. The average molecular weight is 266 g/mol. The maximum atomic E-state index is 12.2. The fourth-order valence-corrected chi connectivity index (χ4v) is 2.75. The van der Waals surface area contributed by atoms with Crippen LogP contribution in [0.1, 0.15) is 17.3 Å². The van der Waals surface area contributed by atoms with Crippen molar-refractivity contribution in [3.05, 3.63) is 36.1 Å². The van der Waals surface area contributed by atoms with Gasteiger partial charge in [0.1, 0.15) is 6.26 Å². The van der Waals surface area contributed by atoms with Crippen molar-refractivity contribution in [2.24, 2.45) is 0 Å². The first kappa shape index (κ1) is 12.3. The van der Waals surface area contributed by atoms with Gasteiger partial charge in [-0.2, -0.15) is 0 Å². The number of nitrogens with zero attached hydrogens (tertiary/aromatic N) is 1. The van der Waals surface area contributed by atoms with Crippen LogP contribution in [0.15, 0.2) is 45.0 Å². The lowest BCUT2D eigenvalue weighted by molar-refractivity contribution is 0.101. The van der Waals surface area contributed by atoms with Gasteiger partial charge in [0, 0.05) is 5.69 Å². The number of carbonyl (C=O) groups is 1. The van der Waals surface area contributed by atoms with Crippen LogP contribution in [0, 0.1) is 0 Å². The molecule has 0 amide bonds. The van der Waals surface area contributed by atoms with E-state index in [1.165, 1.54) is 31.2 Å². The van der Waals surface area contributed by atoms with Crippen molar-refractivity contribution in [3.63, 3.8) is 0 Å². The highest BCUT2D eigenvalue weighted by Crippen LogP contribution is 2.23. The normalized spacial score (nSPS) is 11.4. The summed E-state index contributed by atoms with van der Waals surface area (Å²) in [6.07, 6.45) is 1.02. The van der Waals surface area contributed by atoms with Gasteiger partial charge in [-0.15, -0.1) is 0 Å². The highest BCUT2D eigenvalue weighted by atomic mass is 32.2. The number of benzene rings is 1. The van der Waals surface area contributed by atoms with Gasteiger partial charge in [-0.3, -0.25) is 4.79 Å². The molecule has 2 rings (SSSR count). The van der Waals surface area contributed by atoms with Gasteiger partial charge in [-0.05, 0) is 31.2 Å². The number of nitrogen functional groups attached to an aromatic ring is 1. The highest BCUT2D eigenvalue weighted by Gasteiger charge is 2.27. The van der Waals surface area contributed by atoms with E-state index in [2.05, 4.69) is 9.68 Å². The number of Topliss-reactive ketones (excluding diaryl/α,β-unsaturated/α-hetero) is 1. The molecule has 0 unspecified atom stereocenters. The Morgan fingerprint density at radius 1 is 1.28 bits per heavy atom. The lowest BCUT2D eigenvalue weighted by Gasteiger charge is -2.02. The van der Waals surface area contributed by atoms with E-state index in [9.17, 15) is 13.2 Å². The predicted molar refractivity (Wildman–Crippen MR) is 62.8 cm³/mol. The van der Waals surface area contributed by atoms with Crippen LogP contribution in [0.3, 0.4) is 0 Å². The third kappa shape index (κ3) is 2.00. The number of anilines is 1. The fraction of sp³-hybridized carbons (Fsp3) is 0.0909. The molecule has 18 heavy (non-hydrogen) atoms. The van der Waals surface area contributed by atoms with Gasteiger partial charge in [0.2, 0.25) is 14.9 Å². The number of rotatable bonds is 3. The second kappa shape index (κ2) is 4.26. The minimum absolute atomic E-state index is 0.00750. The van der Waals surface area contributed by atoms with E-state index in [-0.39, 0.29) is 15.5 Å². The Morgan fingerprint density at radius 3 is 2.44 bits per heavy atom. The lowest BCUT2D eigenvalue weighted by atomic mass is 10.3. The van der Waals surface area contributed by atoms with Crippen LogP contribution in [0.5, 0.6) is 0 Å². The van der Waals surface area contributed by atoms with Crippen molar-refractivity contribution < 1.29 is 17.7 Å². The van der Waals surface area contributed by atoms with E-state index in [0.717, 1.165) is 6.26 Å². The Hall–Kier alpha value is -2.15. The van der Waals surface area contributed by atoms with Crippen LogP contribution in [-0.4, -0.2) is 19.4 Å². The SMILES string of the molecule is CC(=O)c1conc1S(=O)(=O)c1ccc(N)cc1. The van der Waals surface area contributed by atoms with E-state index in [0.29, 0.717) is 5.69 Å². The summed E-state index contributed by atoms with van der Waals surface area (Å²) in [7, 11) is -3.87. The number of hydrogen-bond donors (Lipinski definition) is 1. The predicted octanol–water partition coefficient (Wildman–Crippen LogP) is 1.29. The fourth-order valence-electron chi connectivity index (χ4n) is 1.41. The minimum Gasteiger partial charge on any atom is -0.399 e. The average Bonchev–Trinajstić information content (AvgIpc) is 2.79. The summed E-state index contributed by atoms with van der Waals surface area (Å²) in [4.78, 5) is 11.3. The standard InChI is InChI=1S/C11H10N2O4S/c1-7(14)10-6-17-13-11(10)18(15,16)9-4-2-8(12)3-5-9/h2-6H,12H2,1H3. The Morgan fingerprint density at radius 2 is 1.89 bits per heavy atom. The van der Waals surface area contributed by atoms with Gasteiger partial charge >= 0.3 is 0 Å². The molecule has 1 heterocycles. The van der Waals surface area contributed by atoms with Crippen LogP contribution < -0.4 is 5.73 Å². The van der Waals surface area contributed by atoms with Crippen LogP contribution in [0.2, 0.25) is 0 Å². The van der Waals surface area contributed by atoms with E-state index >= 15 is 0 Å². The Labute approximate surface area is 103 Å². The molecule has 7 heteroatoms. The molecule has 0 bridgehead atoms. The monoisotopic (exact) mass is 266 g/mol. The largest absolute Gasteiger partial charge is 0.399 e. The molecule has 0 spiro atoms. The van der Waals surface area contributed by atoms with Gasteiger partial charge in [0.15, 0.2) is 5.78 Å². The molecule has 2 N–H and O–H groups in total. The molecular formula is C11H10N2O4S. The van der Waals surface area contributed by atoms with Crippen molar-refractivity contribution in [3.8, 4) is 0 Å². The zero-order valence-electron chi connectivity index (χ0n) is 9.45. The second-order valence-corrected chi connectivity index (χ2v) is 5.53. The van der Waals surface area contributed by atoms with Crippen molar-refractivity contribution in [2.45, 2.75) is 16.8 Å². The zero-order chi connectivity index (χ0) is 13.3. The summed E-state index contributed by atoms with van der Waals surface area (Å²) in [5.74, 6) is -0.426. The maximum absolute atomic E-state index is 12.2. The van der Waals surface area contributed by atoms with E-state index in [1.54, 1.807) is 0 Å². The highest BCUT2D eigenvalue weighted by molar-refractivity contribution is 7.91. The second-order valence-electron chi connectivity index (χ2n) is 3.66. The summed E-state index contributed by atoms with van der Waals surface area (Å²) in [5.41, 5.74) is 5.87. The molecule has 94 valence electrons. The smallest absolute Gasteiger partial charge is 0.228 e. The topological polar surface area (TPSA) is 103 Å². The van der Waals surface area contributed by atoms with Gasteiger partial charge < -0.3 is 10.3 Å². The van der Waals surface area contributed by atoms with Crippen molar-refractivity contribution in [1.82, 2.24) is 5.16 Å². The van der Waals surface area contributed by atoms with Crippen LogP contribution in [-0.2, 0) is 9.84 Å². The molecule has 1 aromatic heterocycles. The summed E-state index contributed by atoms with van der Waals surface area (Å²) in [6, 6.07) is 5.62. The summed E-state index contributed by atoms with van der Waals surface area (Å²) in [5, 5.41) is 3.02. The third-order valence-corrected chi connectivity index (χ3v) is 4.06. The summed E-state index contributed by atoms with van der Waals surface area (Å²) >= 11 is 0. The van der Waals surface area contributed by atoms with Gasteiger partial charge in [0.25, 0.3) is 0 Å². The van der Waals surface area contributed by atoms with Crippen molar-refractivity contribution in [1.29, 1.82) is 0 Å². The Kier molecular flexibility index (Phi) is 2.92.